The molecule has 0 bridgehead atoms. The molecule has 1 aromatic carbocycles. The van der Waals surface area contributed by atoms with Crippen LogP contribution in [0, 0.1) is 0 Å². The minimum absolute atomic E-state index is 0.402. The summed E-state index contributed by atoms with van der Waals surface area (Å²) in [5.41, 5.74) is 1.90. The van der Waals surface area contributed by atoms with E-state index in [1.165, 1.54) is 0 Å². The van der Waals surface area contributed by atoms with E-state index in [9.17, 15) is 0 Å². The summed E-state index contributed by atoms with van der Waals surface area (Å²) in [7, 11) is 0. The van der Waals surface area contributed by atoms with Crippen LogP contribution in [0.3, 0.4) is 0 Å². The first-order valence-electron chi connectivity index (χ1n) is 4.19. The fourth-order valence-corrected chi connectivity index (χ4v) is 1.11. The Labute approximate surface area is 83.4 Å². The lowest BCUT2D eigenvalue weighted by Crippen LogP contribution is -1.86. The predicted octanol–water partition coefficient (Wildman–Crippen LogP) is 3.38. The van der Waals surface area contributed by atoms with Gasteiger partial charge in [0.15, 0.2) is 5.75 Å². The number of hydrogen-bond acceptors (Lipinski definition) is 2. The Morgan fingerprint density at radius 1 is 1.21 bits per heavy atom. The van der Waals surface area contributed by atoms with Crippen molar-refractivity contribution < 1.29 is 10.1 Å². The van der Waals surface area contributed by atoms with E-state index in [0.717, 1.165) is 11.1 Å². The normalized spacial score (nSPS) is 10.1. The molecule has 0 radical (unpaired) electrons. The van der Waals surface area contributed by atoms with Gasteiger partial charge in [-0.2, -0.15) is 0 Å². The SMILES string of the molecule is C=C/C=C\c1cc(OO)ccc1C=C. The summed E-state index contributed by atoms with van der Waals surface area (Å²) >= 11 is 0. The summed E-state index contributed by atoms with van der Waals surface area (Å²) < 4.78 is 0. The van der Waals surface area contributed by atoms with Gasteiger partial charge in [-0.05, 0) is 23.3 Å². The van der Waals surface area contributed by atoms with Gasteiger partial charge in [-0.15, -0.1) is 0 Å². The van der Waals surface area contributed by atoms with Crippen molar-refractivity contribution in [3.63, 3.8) is 0 Å². The predicted molar refractivity (Wildman–Crippen MR) is 59.0 cm³/mol. The van der Waals surface area contributed by atoms with E-state index < -0.39 is 0 Å². The molecule has 72 valence electrons. The molecule has 2 heteroatoms. The zero-order valence-corrected chi connectivity index (χ0v) is 7.81. The zero-order valence-electron chi connectivity index (χ0n) is 7.81. The maximum absolute atomic E-state index is 8.48. The Hall–Kier alpha value is -1.80. The van der Waals surface area contributed by atoms with E-state index in [4.69, 9.17) is 5.26 Å². The van der Waals surface area contributed by atoms with Gasteiger partial charge in [-0.1, -0.05) is 43.5 Å². The van der Waals surface area contributed by atoms with Crippen molar-refractivity contribution in [2.45, 2.75) is 0 Å². The summed E-state index contributed by atoms with van der Waals surface area (Å²) in [4.78, 5) is 4.14. The maximum Gasteiger partial charge on any atom is 0.165 e. The van der Waals surface area contributed by atoms with Crippen LogP contribution >= 0.6 is 0 Å². The zero-order chi connectivity index (χ0) is 10.4. The summed E-state index contributed by atoms with van der Waals surface area (Å²) in [6.07, 6.45) is 7.10. The van der Waals surface area contributed by atoms with Gasteiger partial charge in [0.1, 0.15) is 0 Å². The minimum atomic E-state index is 0.402. The van der Waals surface area contributed by atoms with E-state index in [1.807, 2.05) is 18.2 Å². The van der Waals surface area contributed by atoms with Crippen LogP contribution in [0.5, 0.6) is 5.75 Å². The molecule has 14 heavy (non-hydrogen) atoms. The summed E-state index contributed by atoms with van der Waals surface area (Å²) in [6, 6.07) is 5.21. The fourth-order valence-electron chi connectivity index (χ4n) is 1.11. The van der Waals surface area contributed by atoms with E-state index in [1.54, 1.807) is 24.3 Å². The highest BCUT2D eigenvalue weighted by Crippen LogP contribution is 2.19. The second-order valence-electron chi connectivity index (χ2n) is 2.68. The molecule has 0 atom stereocenters. The van der Waals surface area contributed by atoms with Crippen LogP contribution in [-0.4, -0.2) is 5.26 Å². The number of allylic oxidation sites excluding steroid dienone is 2. The third-order valence-corrected chi connectivity index (χ3v) is 1.80. The lowest BCUT2D eigenvalue weighted by molar-refractivity contribution is -0.137. The second-order valence-corrected chi connectivity index (χ2v) is 2.68. The highest BCUT2D eigenvalue weighted by Gasteiger charge is 1.98. The van der Waals surface area contributed by atoms with Gasteiger partial charge in [0, 0.05) is 0 Å². The molecule has 0 fully saturated rings. The van der Waals surface area contributed by atoms with Gasteiger partial charge >= 0.3 is 0 Å². The Morgan fingerprint density at radius 2 is 2.00 bits per heavy atom. The molecule has 2 nitrogen and oxygen atoms in total. The molecule has 1 N–H and O–H groups in total. The molecule has 0 aromatic heterocycles. The molecule has 0 saturated carbocycles. The van der Waals surface area contributed by atoms with E-state index in [-0.39, 0.29) is 0 Å². The molecular formula is C12H12O2. The molecular weight excluding hydrogens is 176 g/mol. The third kappa shape index (κ3) is 2.34. The van der Waals surface area contributed by atoms with Gasteiger partial charge in [-0.3, -0.25) is 0 Å². The van der Waals surface area contributed by atoms with Crippen molar-refractivity contribution in [1.82, 2.24) is 0 Å². The van der Waals surface area contributed by atoms with Gasteiger partial charge in [0.05, 0.1) is 0 Å². The molecule has 0 unspecified atom stereocenters. The van der Waals surface area contributed by atoms with Gasteiger partial charge < -0.3 is 4.89 Å². The molecule has 1 rings (SSSR count). The van der Waals surface area contributed by atoms with Crippen LogP contribution in [0.15, 0.2) is 43.5 Å². The Balaban J connectivity index is 3.14. The summed E-state index contributed by atoms with van der Waals surface area (Å²) in [5.74, 6) is 0.402. The fraction of sp³-hybridized carbons (Fsp3) is 0. The van der Waals surface area contributed by atoms with E-state index >= 15 is 0 Å². The van der Waals surface area contributed by atoms with Crippen LogP contribution < -0.4 is 4.89 Å². The van der Waals surface area contributed by atoms with Gasteiger partial charge in [-0.25, -0.2) is 5.26 Å². The highest BCUT2D eigenvalue weighted by molar-refractivity contribution is 5.66. The van der Waals surface area contributed by atoms with Crippen molar-refractivity contribution in [2.24, 2.45) is 0 Å². The third-order valence-electron chi connectivity index (χ3n) is 1.80. The van der Waals surface area contributed by atoms with Crippen molar-refractivity contribution in [3.05, 3.63) is 54.6 Å². The topological polar surface area (TPSA) is 29.5 Å². The van der Waals surface area contributed by atoms with Crippen LogP contribution in [0.1, 0.15) is 11.1 Å². The first kappa shape index (κ1) is 10.3. The molecule has 0 aliphatic rings. The first-order valence-corrected chi connectivity index (χ1v) is 4.19. The highest BCUT2D eigenvalue weighted by atomic mass is 17.1. The molecule has 0 spiro atoms. The van der Waals surface area contributed by atoms with Gasteiger partial charge in [0.25, 0.3) is 0 Å². The van der Waals surface area contributed by atoms with E-state index in [2.05, 4.69) is 18.0 Å². The average molecular weight is 188 g/mol. The van der Waals surface area contributed by atoms with Crippen LogP contribution in [0.4, 0.5) is 0 Å². The first-order chi connectivity index (χ1) is 6.81. The standard InChI is InChI=1S/C12H12O2/c1-3-5-6-11-9-12(14-13)8-7-10(11)4-2/h3-9,13H,1-2H2/b6-5-. The number of hydrogen-bond donors (Lipinski definition) is 1. The molecule has 0 aliphatic carbocycles. The van der Waals surface area contributed by atoms with E-state index in [0.29, 0.717) is 5.75 Å². The van der Waals surface area contributed by atoms with Crippen LogP contribution in [0.25, 0.3) is 12.2 Å². The summed E-state index contributed by atoms with van der Waals surface area (Å²) in [6.45, 7) is 7.27. The lowest BCUT2D eigenvalue weighted by atomic mass is 10.1. The van der Waals surface area contributed by atoms with Gasteiger partial charge in [0.2, 0.25) is 0 Å². The second kappa shape index (κ2) is 5.04. The van der Waals surface area contributed by atoms with Crippen molar-refractivity contribution in [1.29, 1.82) is 0 Å². The Morgan fingerprint density at radius 3 is 2.57 bits per heavy atom. The van der Waals surface area contributed by atoms with Crippen molar-refractivity contribution in [3.8, 4) is 5.75 Å². The Bertz CT molecular complexity index is 365. The average Bonchev–Trinajstić information content (AvgIpc) is 2.25. The van der Waals surface area contributed by atoms with Crippen molar-refractivity contribution >= 4 is 12.2 Å². The number of benzene rings is 1. The van der Waals surface area contributed by atoms with Crippen molar-refractivity contribution in [2.75, 3.05) is 0 Å². The summed E-state index contributed by atoms with van der Waals surface area (Å²) in [5, 5.41) is 8.48. The Kier molecular flexibility index (Phi) is 3.70. The molecule has 0 aliphatic heterocycles. The lowest BCUT2D eigenvalue weighted by Gasteiger charge is -2.02. The molecule has 1 aromatic rings. The molecule has 0 saturated heterocycles. The maximum atomic E-state index is 8.48. The molecule has 0 amide bonds. The van der Waals surface area contributed by atoms with Crippen LogP contribution in [-0.2, 0) is 0 Å². The van der Waals surface area contributed by atoms with Crippen LogP contribution in [0.2, 0.25) is 0 Å². The largest absolute Gasteiger partial charge is 0.340 e. The monoisotopic (exact) mass is 188 g/mol. The number of rotatable bonds is 4. The molecule has 0 heterocycles. The quantitative estimate of drug-likeness (QED) is 0.446. The smallest absolute Gasteiger partial charge is 0.165 e. The minimum Gasteiger partial charge on any atom is -0.340 e.